The predicted octanol–water partition coefficient (Wildman–Crippen LogP) is 2.82. The lowest BCUT2D eigenvalue weighted by molar-refractivity contribution is -0.125. The summed E-state index contributed by atoms with van der Waals surface area (Å²) in [6.45, 7) is 1.67. The molecule has 1 aliphatic heterocycles. The Bertz CT molecular complexity index is 791. The Kier molecular flexibility index (Phi) is 3.73. The fourth-order valence-electron chi connectivity index (χ4n) is 2.41. The Morgan fingerprint density at radius 3 is 2.74 bits per heavy atom. The van der Waals surface area contributed by atoms with Gasteiger partial charge in [0.2, 0.25) is 0 Å². The monoisotopic (exact) mass is 314 g/mol. The van der Waals surface area contributed by atoms with Crippen molar-refractivity contribution in [2.24, 2.45) is 0 Å². The van der Waals surface area contributed by atoms with Crippen molar-refractivity contribution in [1.29, 1.82) is 0 Å². The first-order valence-corrected chi connectivity index (χ1v) is 7.11. The third-order valence-corrected chi connectivity index (χ3v) is 3.69. The zero-order valence-electron chi connectivity index (χ0n) is 12.7. The van der Waals surface area contributed by atoms with E-state index in [1.165, 1.54) is 17.0 Å². The van der Waals surface area contributed by atoms with Gasteiger partial charge in [0.25, 0.3) is 11.8 Å². The van der Waals surface area contributed by atoms with Gasteiger partial charge in [-0.15, -0.1) is 0 Å². The maximum absolute atomic E-state index is 13.6. The number of amides is 2. The lowest BCUT2D eigenvalue weighted by atomic mass is 10.1. The van der Waals surface area contributed by atoms with Crippen LogP contribution in [0.3, 0.4) is 0 Å². The summed E-state index contributed by atoms with van der Waals surface area (Å²) in [6, 6.07) is 10.7. The molecule has 118 valence electrons. The molecule has 1 heterocycles. The number of halogens is 1. The molecule has 1 aliphatic rings. The highest BCUT2D eigenvalue weighted by atomic mass is 19.1. The molecule has 5 nitrogen and oxygen atoms in total. The molecule has 0 saturated carbocycles. The Morgan fingerprint density at radius 2 is 2.00 bits per heavy atom. The molecule has 2 aromatic carbocycles. The van der Waals surface area contributed by atoms with Gasteiger partial charge in [0.1, 0.15) is 11.6 Å². The molecule has 0 aliphatic carbocycles. The zero-order valence-corrected chi connectivity index (χ0v) is 12.7. The highest BCUT2D eigenvalue weighted by Crippen LogP contribution is 2.34. The van der Waals surface area contributed by atoms with E-state index in [1.807, 2.05) is 0 Å². The number of hydrogen-bond acceptors (Lipinski definition) is 3. The number of ether oxygens (including phenoxy) is 1. The van der Waals surface area contributed by atoms with Crippen LogP contribution >= 0.6 is 0 Å². The standard InChI is InChI=1S/C17H15FN2O3/c1-10-17(22)20(2)14-9-11(7-8-15(14)23-10)16(21)19-13-6-4-3-5-12(13)18/h3-10H,1-2H3,(H,19,21). The molecule has 0 spiro atoms. The molecular formula is C17H15FN2O3. The van der Waals surface area contributed by atoms with Gasteiger partial charge in [0.15, 0.2) is 6.10 Å². The van der Waals surface area contributed by atoms with Crippen molar-refractivity contribution < 1.29 is 18.7 Å². The summed E-state index contributed by atoms with van der Waals surface area (Å²) in [7, 11) is 1.62. The van der Waals surface area contributed by atoms with Gasteiger partial charge in [-0.2, -0.15) is 0 Å². The highest BCUT2D eigenvalue weighted by Gasteiger charge is 2.29. The Morgan fingerprint density at radius 1 is 1.26 bits per heavy atom. The largest absolute Gasteiger partial charge is 0.479 e. The summed E-state index contributed by atoms with van der Waals surface area (Å²) in [4.78, 5) is 25.7. The first-order chi connectivity index (χ1) is 11.0. The molecule has 2 aromatic rings. The molecule has 6 heteroatoms. The SMILES string of the molecule is CC1Oc2ccc(C(=O)Nc3ccccc3F)cc2N(C)C1=O. The van der Waals surface area contributed by atoms with Crippen molar-refractivity contribution in [2.45, 2.75) is 13.0 Å². The molecule has 0 aromatic heterocycles. The third kappa shape index (κ3) is 2.75. The van der Waals surface area contributed by atoms with Crippen molar-refractivity contribution in [3.8, 4) is 5.75 Å². The van der Waals surface area contributed by atoms with Crippen molar-refractivity contribution in [1.82, 2.24) is 0 Å². The number of carbonyl (C=O) groups is 2. The van der Waals surface area contributed by atoms with Crippen LogP contribution in [-0.4, -0.2) is 25.0 Å². The van der Waals surface area contributed by atoms with Crippen LogP contribution in [0.5, 0.6) is 5.75 Å². The zero-order chi connectivity index (χ0) is 16.6. The Labute approximate surface area is 132 Å². The summed E-state index contributed by atoms with van der Waals surface area (Å²) >= 11 is 0. The normalized spacial score (nSPS) is 16.6. The smallest absolute Gasteiger partial charge is 0.267 e. The molecule has 2 amide bonds. The summed E-state index contributed by atoms with van der Waals surface area (Å²) in [5.74, 6) is -0.633. The number of rotatable bonds is 2. The molecular weight excluding hydrogens is 299 g/mol. The van der Waals surface area contributed by atoms with Crippen molar-refractivity contribution >= 4 is 23.2 Å². The van der Waals surface area contributed by atoms with Gasteiger partial charge in [-0.3, -0.25) is 9.59 Å². The van der Waals surface area contributed by atoms with Crippen LogP contribution in [0.25, 0.3) is 0 Å². The number of carbonyl (C=O) groups excluding carboxylic acids is 2. The fraction of sp³-hybridized carbons (Fsp3) is 0.176. The van der Waals surface area contributed by atoms with Crippen LogP contribution in [0.2, 0.25) is 0 Å². The molecule has 1 unspecified atom stereocenters. The molecule has 3 rings (SSSR count). The summed E-state index contributed by atoms with van der Waals surface area (Å²) < 4.78 is 19.1. The molecule has 1 N–H and O–H groups in total. The number of para-hydroxylation sites is 1. The first-order valence-electron chi connectivity index (χ1n) is 7.11. The van der Waals surface area contributed by atoms with Crippen molar-refractivity contribution in [3.63, 3.8) is 0 Å². The number of hydrogen-bond donors (Lipinski definition) is 1. The van der Waals surface area contributed by atoms with E-state index in [-0.39, 0.29) is 11.6 Å². The van der Waals surface area contributed by atoms with Gasteiger partial charge >= 0.3 is 0 Å². The number of likely N-dealkylation sites (N-methyl/N-ethyl adjacent to an activating group) is 1. The van der Waals surface area contributed by atoms with E-state index in [9.17, 15) is 14.0 Å². The number of anilines is 2. The summed E-state index contributed by atoms with van der Waals surface area (Å²) in [5.41, 5.74) is 0.920. The minimum Gasteiger partial charge on any atom is -0.479 e. The van der Waals surface area contributed by atoms with Crippen molar-refractivity contribution in [2.75, 3.05) is 17.3 Å². The van der Waals surface area contributed by atoms with Gasteiger partial charge in [-0.25, -0.2) is 4.39 Å². The molecule has 0 radical (unpaired) electrons. The number of fused-ring (bicyclic) bond motifs is 1. The number of nitrogens with one attached hydrogen (secondary N) is 1. The van der Waals surface area contributed by atoms with E-state index < -0.39 is 17.8 Å². The lowest BCUT2D eigenvalue weighted by Gasteiger charge is -2.30. The molecule has 0 fully saturated rings. The van der Waals surface area contributed by atoms with E-state index in [0.29, 0.717) is 17.0 Å². The minimum absolute atomic E-state index is 0.101. The van der Waals surface area contributed by atoms with Crippen LogP contribution in [0.4, 0.5) is 15.8 Å². The molecule has 0 saturated heterocycles. The summed E-state index contributed by atoms with van der Waals surface area (Å²) in [5, 5.41) is 2.51. The first kappa shape index (κ1) is 15.0. The second-order valence-electron chi connectivity index (χ2n) is 5.27. The maximum Gasteiger partial charge on any atom is 0.267 e. The van der Waals surface area contributed by atoms with Crippen LogP contribution in [0.1, 0.15) is 17.3 Å². The molecule has 0 bridgehead atoms. The van der Waals surface area contributed by atoms with Gasteiger partial charge in [-0.05, 0) is 37.3 Å². The predicted molar refractivity (Wildman–Crippen MR) is 84.3 cm³/mol. The van der Waals surface area contributed by atoms with Crippen LogP contribution < -0.4 is 15.0 Å². The molecule has 23 heavy (non-hydrogen) atoms. The van der Waals surface area contributed by atoms with Gasteiger partial charge in [-0.1, -0.05) is 12.1 Å². The maximum atomic E-state index is 13.6. The van der Waals surface area contributed by atoms with E-state index >= 15 is 0 Å². The summed E-state index contributed by atoms with van der Waals surface area (Å²) in [6.07, 6.45) is -0.564. The van der Waals surface area contributed by atoms with Crippen LogP contribution in [0.15, 0.2) is 42.5 Å². The average molecular weight is 314 g/mol. The van der Waals surface area contributed by atoms with Gasteiger partial charge in [0.05, 0.1) is 11.4 Å². The second-order valence-corrected chi connectivity index (χ2v) is 5.27. The Balaban J connectivity index is 1.89. The van der Waals surface area contributed by atoms with E-state index in [2.05, 4.69) is 5.32 Å². The van der Waals surface area contributed by atoms with Crippen LogP contribution in [0, 0.1) is 5.82 Å². The number of benzene rings is 2. The van der Waals surface area contributed by atoms with Crippen molar-refractivity contribution in [3.05, 3.63) is 53.8 Å². The van der Waals surface area contributed by atoms with Gasteiger partial charge in [0, 0.05) is 12.6 Å². The topological polar surface area (TPSA) is 58.6 Å². The van der Waals surface area contributed by atoms with E-state index in [1.54, 1.807) is 44.3 Å². The van der Waals surface area contributed by atoms with E-state index in [4.69, 9.17) is 4.74 Å². The molecule has 1 atom stereocenters. The fourth-order valence-corrected chi connectivity index (χ4v) is 2.41. The average Bonchev–Trinajstić information content (AvgIpc) is 2.54. The second kappa shape index (κ2) is 5.72. The van der Waals surface area contributed by atoms with E-state index in [0.717, 1.165) is 0 Å². The Hall–Kier alpha value is -2.89. The minimum atomic E-state index is -0.564. The lowest BCUT2D eigenvalue weighted by Crippen LogP contribution is -2.42. The van der Waals surface area contributed by atoms with Crippen LogP contribution in [-0.2, 0) is 4.79 Å². The number of nitrogens with zero attached hydrogens (tertiary/aromatic N) is 1. The van der Waals surface area contributed by atoms with Gasteiger partial charge < -0.3 is 15.0 Å². The highest BCUT2D eigenvalue weighted by molar-refractivity contribution is 6.06. The quantitative estimate of drug-likeness (QED) is 0.927. The third-order valence-electron chi connectivity index (χ3n) is 3.69.